The Bertz CT molecular complexity index is 439. The summed E-state index contributed by atoms with van der Waals surface area (Å²) in [6, 6.07) is 4.86. The van der Waals surface area contributed by atoms with Crippen LogP contribution >= 0.6 is 0 Å². The molecule has 3 nitrogen and oxygen atoms in total. The summed E-state index contributed by atoms with van der Waals surface area (Å²) < 4.78 is 13.6. The summed E-state index contributed by atoms with van der Waals surface area (Å²) in [5.74, 6) is -0.748. The van der Waals surface area contributed by atoms with Crippen molar-refractivity contribution in [2.45, 2.75) is 25.8 Å². The van der Waals surface area contributed by atoms with Gasteiger partial charge in [0.2, 0.25) is 0 Å². The van der Waals surface area contributed by atoms with Crippen molar-refractivity contribution in [3.05, 3.63) is 35.1 Å². The van der Waals surface area contributed by atoms with Crippen LogP contribution in [0.15, 0.2) is 18.2 Å². The zero-order valence-corrected chi connectivity index (χ0v) is 10.9. The molecule has 1 fully saturated rings. The molecule has 0 saturated carbocycles. The molecule has 0 atom stereocenters. The number of hydrogen-bond donors (Lipinski definition) is 1. The van der Waals surface area contributed by atoms with E-state index < -0.39 is 5.82 Å². The Morgan fingerprint density at radius 2 is 2.06 bits per heavy atom. The first-order valence-electron chi connectivity index (χ1n) is 6.32. The van der Waals surface area contributed by atoms with Crippen molar-refractivity contribution in [3.8, 4) is 0 Å². The Morgan fingerprint density at radius 3 is 2.67 bits per heavy atom. The molecule has 4 heteroatoms. The highest BCUT2D eigenvalue weighted by Gasteiger charge is 2.20. The molecule has 0 spiro atoms. The quantitative estimate of drug-likeness (QED) is 0.870. The highest BCUT2D eigenvalue weighted by molar-refractivity contribution is 5.94. The number of nitrogens with one attached hydrogen (secondary N) is 1. The van der Waals surface area contributed by atoms with Crippen LogP contribution in [-0.4, -0.2) is 37.0 Å². The molecule has 0 unspecified atom stereocenters. The Labute approximate surface area is 107 Å². The third kappa shape index (κ3) is 3.07. The number of nitrogens with zero attached hydrogens (tertiary/aromatic N) is 1. The zero-order chi connectivity index (χ0) is 13.1. The SMILES string of the molecule is Cc1ccc(C(=O)NC2CCN(C)CC2)c(F)c1. The minimum atomic E-state index is -0.444. The minimum Gasteiger partial charge on any atom is -0.349 e. The number of amides is 1. The van der Waals surface area contributed by atoms with Gasteiger partial charge in [0.25, 0.3) is 5.91 Å². The Kier molecular flexibility index (Phi) is 3.97. The molecular formula is C14H19FN2O. The molecule has 0 bridgehead atoms. The van der Waals surface area contributed by atoms with Gasteiger partial charge in [-0.05, 0) is 57.6 Å². The van der Waals surface area contributed by atoms with Crippen LogP contribution in [0.1, 0.15) is 28.8 Å². The van der Waals surface area contributed by atoms with Crippen LogP contribution in [0.5, 0.6) is 0 Å². The maximum Gasteiger partial charge on any atom is 0.254 e. The van der Waals surface area contributed by atoms with Crippen molar-refractivity contribution >= 4 is 5.91 Å². The van der Waals surface area contributed by atoms with E-state index in [0.717, 1.165) is 31.5 Å². The van der Waals surface area contributed by atoms with Gasteiger partial charge >= 0.3 is 0 Å². The van der Waals surface area contributed by atoms with Gasteiger partial charge in [-0.25, -0.2) is 4.39 Å². The average Bonchev–Trinajstić information content (AvgIpc) is 2.32. The minimum absolute atomic E-state index is 0.138. The number of benzene rings is 1. The van der Waals surface area contributed by atoms with Crippen LogP contribution in [0, 0.1) is 12.7 Å². The standard InChI is InChI=1S/C14H19FN2O/c1-10-3-4-12(13(15)9-10)14(18)16-11-5-7-17(2)8-6-11/h3-4,9,11H,5-8H2,1-2H3,(H,16,18). The molecule has 1 N–H and O–H groups in total. The summed E-state index contributed by atoms with van der Waals surface area (Å²) in [6.45, 7) is 3.75. The molecule has 98 valence electrons. The number of carbonyl (C=O) groups excluding carboxylic acids is 1. The summed E-state index contributed by atoms with van der Waals surface area (Å²) >= 11 is 0. The largest absolute Gasteiger partial charge is 0.349 e. The fourth-order valence-corrected chi connectivity index (χ4v) is 2.22. The molecule has 1 aliphatic rings. The molecule has 18 heavy (non-hydrogen) atoms. The fourth-order valence-electron chi connectivity index (χ4n) is 2.22. The van der Waals surface area contributed by atoms with Crippen molar-refractivity contribution in [2.75, 3.05) is 20.1 Å². The molecular weight excluding hydrogens is 231 g/mol. The third-order valence-corrected chi connectivity index (χ3v) is 3.42. The summed E-state index contributed by atoms with van der Waals surface area (Å²) in [5, 5.41) is 2.91. The number of halogens is 1. The molecule has 1 heterocycles. The highest BCUT2D eigenvalue weighted by atomic mass is 19.1. The summed E-state index contributed by atoms with van der Waals surface area (Å²) in [7, 11) is 2.07. The van der Waals surface area contributed by atoms with E-state index in [1.54, 1.807) is 12.1 Å². The summed E-state index contributed by atoms with van der Waals surface area (Å²) in [4.78, 5) is 14.2. The Balaban J connectivity index is 1.99. The second kappa shape index (κ2) is 5.48. The second-order valence-corrected chi connectivity index (χ2v) is 5.03. The molecule has 1 aliphatic heterocycles. The maximum atomic E-state index is 13.6. The zero-order valence-electron chi connectivity index (χ0n) is 10.9. The number of aryl methyl sites for hydroxylation is 1. The number of rotatable bonds is 2. The predicted octanol–water partition coefficient (Wildman–Crippen LogP) is 1.96. The normalized spacial score (nSPS) is 17.7. The van der Waals surface area contributed by atoms with Crippen molar-refractivity contribution < 1.29 is 9.18 Å². The molecule has 0 aromatic heterocycles. The molecule has 2 rings (SSSR count). The number of piperidine rings is 1. The lowest BCUT2D eigenvalue weighted by Crippen LogP contribution is -2.43. The van der Waals surface area contributed by atoms with Gasteiger partial charge in [0.05, 0.1) is 5.56 Å². The van der Waals surface area contributed by atoms with Crippen LogP contribution in [0.25, 0.3) is 0 Å². The average molecular weight is 250 g/mol. The summed E-state index contributed by atoms with van der Waals surface area (Å²) in [6.07, 6.45) is 1.85. The molecule has 1 aromatic rings. The van der Waals surface area contributed by atoms with Gasteiger partial charge in [0, 0.05) is 6.04 Å². The van der Waals surface area contributed by atoms with E-state index in [2.05, 4.69) is 17.3 Å². The van der Waals surface area contributed by atoms with E-state index in [4.69, 9.17) is 0 Å². The number of hydrogen-bond acceptors (Lipinski definition) is 2. The fraction of sp³-hybridized carbons (Fsp3) is 0.500. The van der Waals surface area contributed by atoms with Crippen molar-refractivity contribution in [1.29, 1.82) is 0 Å². The van der Waals surface area contributed by atoms with E-state index in [0.29, 0.717) is 0 Å². The van der Waals surface area contributed by atoms with E-state index in [1.807, 2.05) is 6.92 Å². The molecule has 1 aromatic carbocycles. The molecule has 0 radical (unpaired) electrons. The van der Waals surface area contributed by atoms with Gasteiger partial charge in [0.15, 0.2) is 0 Å². The Hall–Kier alpha value is -1.42. The van der Waals surface area contributed by atoms with Gasteiger partial charge in [-0.1, -0.05) is 6.07 Å². The first-order chi connectivity index (χ1) is 8.56. The van der Waals surface area contributed by atoms with Crippen LogP contribution < -0.4 is 5.32 Å². The molecule has 1 amide bonds. The maximum absolute atomic E-state index is 13.6. The number of carbonyl (C=O) groups is 1. The van der Waals surface area contributed by atoms with Gasteiger partial charge in [-0.2, -0.15) is 0 Å². The summed E-state index contributed by atoms with van der Waals surface area (Å²) in [5.41, 5.74) is 0.961. The first-order valence-corrected chi connectivity index (χ1v) is 6.32. The lowest BCUT2D eigenvalue weighted by atomic mass is 10.0. The first kappa shape index (κ1) is 13.0. The third-order valence-electron chi connectivity index (χ3n) is 3.42. The second-order valence-electron chi connectivity index (χ2n) is 5.03. The van der Waals surface area contributed by atoms with Crippen molar-refractivity contribution in [3.63, 3.8) is 0 Å². The molecule has 0 aliphatic carbocycles. The van der Waals surface area contributed by atoms with Crippen LogP contribution in [-0.2, 0) is 0 Å². The van der Waals surface area contributed by atoms with E-state index in [-0.39, 0.29) is 17.5 Å². The highest BCUT2D eigenvalue weighted by Crippen LogP contribution is 2.12. The van der Waals surface area contributed by atoms with Crippen LogP contribution in [0.4, 0.5) is 4.39 Å². The Morgan fingerprint density at radius 1 is 1.39 bits per heavy atom. The van der Waals surface area contributed by atoms with Crippen LogP contribution in [0.3, 0.4) is 0 Å². The van der Waals surface area contributed by atoms with Gasteiger partial charge in [0.1, 0.15) is 5.82 Å². The monoisotopic (exact) mass is 250 g/mol. The lowest BCUT2D eigenvalue weighted by molar-refractivity contribution is 0.0913. The molecule has 1 saturated heterocycles. The van der Waals surface area contributed by atoms with E-state index in [9.17, 15) is 9.18 Å². The van der Waals surface area contributed by atoms with Gasteiger partial charge < -0.3 is 10.2 Å². The van der Waals surface area contributed by atoms with Gasteiger partial charge in [-0.15, -0.1) is 0 Å². The topological polar surface area (TPSA) is 32.3 Å². The predicted molar refractivity (Wildman–Crippen MR) is 69.1 cm³/mol. The van der Waals surface area contributed by atoms with E-state index >= 15 is 0 Å². The van der Waals surface area contributed by atoms with Crippen molar-refractivity contribution in [1.82, 2.24) is 10.2 Å². The van der Waals surface area contributed by atoms with Crippen molar-refractivity contribution in [2.24, 2.45) is 0 Å². The lowest BCUT2D eigenvalue weighted by Gasteiger charge is -2.29. The number of likely N-dealkylation sites (tertiary alicyclic amines) is 1. The smallest absolute Gasteiger partial charge is 0.254 e. The van der Waals surface area contributed by atoms with Crippen LogP contribution in [0.2, 0.25) is 0 Å². The van der Waals surface area contributed by atoms with Gasteiger partial charge in [-0.3, -0.25) is 4.79 Å². The van der Waals surface area contributed by atoms with E-state index in [1.165, 1.54) is 6.07 Å².